The van der Waals surface area contributed by atoms with Gasteiger partial charge in [-0.3, -0.25) is 4.79 Å². The van der Waals surface area contributed by atoms with Crippen LogP contribution in [0.25, 0.3) is 0 Å². The molecule has 116 valence electrons. The van der Waals surface area contributed by atoms with Crippen molar-refractivity contribution in [3.05, 3.63) is 18.3 Å². The summed E-state index contributed by atoms with van der Waals surface area (Å²) >= 11 is 0. The van der Waals surface area contributed by atoms with Crippen LogP contribution in [0.5, 0.6) is 0 Å². The molecule has 1 saturated heterocycles. The van der Waals surface area contributed by atoms with Crippen molar-refractivity contribution in [2.45, 2.75) is 39.5 Å². The first-order valence-electron chi connectivity index (χ1n) is 7.88. The van der Waals surface area contributed by atoms with Crippen LogP contribution >= 0.6 is 0 Å². The molecule has 0 radical (unpaired) electrons. The molecule has 5 nitrogen and oxygen atoms in total. The van der Waals surface area contributed by atoms with Gasteiger partial charge in [0.15, 0.2) is 5.82 Å². The Hall–Kier alpha value is -1.62. The molecule has 3 N–H and O–H groups in total. The Bertz CT molecular complexity index is 471. The maximum absolute atomic E-state index is 12.7. The van der Waals surface area contributed by atoms with Crippen LogP contribution in [0, 0.1) is 5.41 Å². The average Bonchev–Trinajstić information content (AvgIpc) is 3.04. The third-order valence-electron chi connectivity index (χ3n) is 4.67. The number of nitrogens with one attached hydrogen (secondary N) is 1. The number of carbonyl (C=O) groups excluding carboxylic acids is 1. The molecule has 21 heavy (non-hydrogen) atoms. The molecule has 1 aromatic heterocycles. The third-order valence-corrected chi connectivity index (χ3v) is 4.67. The topological polar surface area (TPSA) is 71.2 Å². The van der Waals surface area contributed by atoms with Gasteiger partial charge < -0.3 is 16.0 Å². The lowest BCUT2D eigenvalue weighted by atomic mass is 9.81. The standard InChI is InChI=1S/C16H26N4O/c1-3-16(4-2,12-17)15(21)19-13-8-7-9-18-14(13)20-10-5-6-11-20/h7-9H,3-6,10-12,17H2,1-2H3,(H,19,21). The van der Waals surface area contributed by atoms with Gasteiger partial charge in [-0.1, -0.05) is 13.8 Å². The quantitative estimate of drug-likeness (QED) is 0.844. The van der Waals surface area contributed by atoms with E-state index in [0.717, 1.165) is 37.4 Å². The fourth-order valence-electron chi connectivity index (χ4n) is 2.88. The zero-order valence-electron chi connectivity index (χ0n) is 13.1. The number of hydrogen-bond acceptors (Lipinski definition) is 4. The smallest absolute Gasteiger partial charge is 0.231 e. The second kappa shape index (κ2) is 6.89. The van der Waals surface area contributed by atoms with E-state index in [9.17, 15) is 4.79 Å². The van der Waals surface area contributed by atoms with Crippen LogP contribution in [-0.4, -0.2) is 30.5 Å². The van der Waals surface area contributed by atoms with Gasteiger partial charge in [-0.25, -0.2) is 4.98 Å². The number of carbonyl (C=O) groups is 1. The van der Waals surface area contributed by atoms with Gasteiger partial charge in [0.05, 0.1) is 11.1 Å². The van der Waals surface area contributed by atoms with Crippen LogP contribution < -0.4 is 16.0 Å². The molecule has 2 rings (SSSR count). The van der Waals surface area contributed by atoms with Gasteiger partial charge in [-0.2, -0.15) is 0 Å². The molecule has 0 aromatic carbocycles. The highest BCUT2D eigenvalue weighted by Gasteiger charge is 2.34. The third kappa shape index (κ3) is 3.18. The Labute approximate surface area is 126 Å². The predicted molar refractivity (Wildman–Crippen MR) is 86.4 cm³/mol. The lowest BCUT2D eigenvalue weighted by molar-refractivity contribution is -0.125. The van der Waals surface area contributed by atoms with E-state index in [0.29, 0.717) is 6.54 Å². The summed E-state index contributed by atoms with van der Waals surface area (Å²) in [5.74, 6) is 0.880. The minimum Gasteiger partial charge on any atom is -0.355 e. The molecule has 5 heteroatoms. The largest absolute Gasteiger partial charge is 0.355 e. The SMILES string of the molecule is CCC(CC)(CN)C(=O)Nc1cccnc1N1CCCC1. The van der Waals surface area contributed by atoms with E-state index in [-0.39, 0.29) is 5.91 Å². The average molecular weight is 290 g/mol. The first-order valence-corrected chi connectivity index (χ1v) is 7.88. The number of rotatable bonds is 6. The molecule has 1 fully saturated rings. The number of aromatic nitrogens is 1. The Morgan fingerprint density at radius 2 is 2.05 bits per heavy atom. The predicted octanol–water partition coefficient (Wildman–Crippen LogP) is 2.39. The number of anilines is 2. The highest BCUT2D eigenvalue weighted by molar-refractivity contribution is 5.97. The number of pyridine rings is 1. The van der Waals surface area contributed by atoms with Gasteiger partial charge in [0.1, 0.15) is 0 Å². The van der Waals surface area contributed by atoms with Crippen LogP contribution in [0.1, 0.15) is 39.5 Å². The van der Waals surface area contributed by atoms with Gasteiger partial charge in [0.2, 0.25) is 5.91 Å². The summed E-state index contributed by atoms with van der Waals surface area (Å²) in [4.78, 5) is 19.3. The molecule has 1 aliphatic rings. The maximum Gasteiger partial charge on any atom is 0.231 e. The highest BCUT2D eigenvalue weighted by Crippen LogP contribution is 2.30. The van der Waals surface area contributed by atoms with E-state index in [1.165, 1.54) is 12.8 Å². The van der Waals surface area contributed by atoms with Crippen LogP contribution in [-0.2, 0) is 4.79 Å². The molecule has 0 atom stereocenters. The Morgan fingerprint density at radius 1 is 1.38 bits per heavy atom. The van der Waals surface area contributed by atoms with Gasteiger partial charge in [0, 0.05) is 25.8 Å². The summed E-state index contributed by atoms with van der Waals surface area (Å²) in [6, 6.07) is 3.78. The monoisotopic (exact) mass is 290 g/mol. The summed E-state index contributed by atoms with van der Waals surface area (Å²) in [7, 11) is 0. The molecule has 0 saturated carbocycles. The van der Waals surface area contributed by atoms with Crippen LogP contribution in [0.4, 0.5) is 11.5 Å². The van der Waals surface area contributed by atoms with Gasteiger partial charge in [-0.15, -0.1) is 0 Å². The number of nitrogens with two attached hydrogens (primary N) is 1. The number of hydrogen-bond donors (Lipinski definition) is 2. The summed E-state index contributed by atoms with van der Waals surface area (Å²) < 4.78 is 0. The normalized spacial score (nSPS) is 15.3. The van der Waals surface area contributed by atoms with Crippen LogP contribution in [0.15, 0.2) is 18.3 Å². The zero-order chi connectivity index (χ0) is 15.3. The van der Waals surface area contributed by atoms with E-state index in [2.05, 4.69) is 15.2 Å². The summed E-state index contributed by atoms with van der Waals surface area (Å²) in [6.45, 7) is 6.40. The molecular formula is C16H26N4O. The molecule has 0 aliphatic carbocycles. The second-order valence-electron chi connectivity index (χ2n) is 5.71. The van der Waals surface area contributed by atoms with Crippen LogP contribution in [0.3, 0.4) is 0 Å². The Balaban J connectivity index is 2.21. The number of nitrogens with zero attached hydrogens (tertiary/aromatic N) is 2. The molecule has 0 bridgehead atoms. The van der Waals surface area contributed by atoms with Crippen molar-refractivity contribution in [2.75, 3.05) is 29.9 Å². The van der Waals surface area contributed by atoms with Crippen molar-refractivity contribution in [2.24, 2.45) is 11.1 Å². The maximum atomic E-state index is 12.7. The minimum atomic E-state index is -0.488. The first-order chi connectivity index (χ1) is 10.2. The fraction of sp³-hybridized carbons (Fsp3) is 0.625. The molecular weight excluding hydrogens is 264 g/mol. The van der Waals surface area contributed by atoms with Gasteiger partial charge in [-0.05, 0) is 37.8 Å². The molecule has 1 aliphatic heterocycles. The highest BCUT2D eigenvalue weighted by atomic mass is 16.2. The molecule has 0 unspecified atom stereocenters. The zero-order valence-corrected chi connectivity index (χ0v) is 13.1. The van der Waals surface area contributed by atoms with Crippen molar-refractivity contribution in [1.29, 1.82) is 0 Å². The van der Waals surface area contributed by atoms with Crippen molar-refractivity contribution in [3.8, 4) is 0 Å². The van der Waals surface area contributed by atoms with Crippen molar-refractivity contribution in [1.82, 2.24) is 4.98 Å². The van der Waals surface area contributed by atoms with Crippen molar-refractivity contribution >= 4 is 17.4 Å². The molecule has 0 spiro atoms. The Morgan fingerprint density at radius 3 is 2.62 bits per heavy atom. The lowest BCUT2D eigenvalue weighted by Crippen LogP contribution is -2.41. The van der Waals surface area contributed by atoms with E-state index >= 15 is 0 Å². The van der Waals surface area contributed by atoms with Crippen molar-refractivity contribution in [3.63, 3.8) is 0 Å². The Kier molecular flexibility index (Phi) is 5.17. The lowest BCUT2D eigenvalue weighted by Gasteiger charge is -2.29. The fourth-order valence-corrected chi connectivity index (χ4v) is 2.88. The van der Waals surface area contributed by atoms with Crippen LogP contribution in [0.2, 0.25) is 0 Å². The number of amides is 1. The summed E-state index contributed by atoms with van der Waals surface area (Å²) in [6.07, 6.45) is 5.62. The molecule has 2 heterocycles. The molecule has 1 aromatic rings. The van der Waals surface area contributed by atoms with E-state index in [4.69, 9.17) is 5.73 Å². The van der Waals surface area contributed by atoms with Crippen molar-refractivity contribution < 1.29 is 4.79 Å². The summed E-state index contributed by atoms with van der Waals surface area (Å²) in [5, 5.41) is 3.06. The summed E-state index contributed by atoms with van der Waals surface area (Å²) in [5.41, 5.74) is 6.16. The van der Waals surface area contributed by atoms with E-state index in [1.807, 2.05) is 26.0 Å². The van der Waals surface area contributed by atoms with Gasteiger partial charge in [0.25, 0.3) is 0 Å². The molecule has 1 amide bonds. The first kappa shape index (κ1) is 15.8. The van der Waals surface area contributed by atoms with E-state index < -0.39 is 5.41 Å². The minimum absolute atomic E-state index is 0.00319. The van der Waals surface area contributed by atoms with E-state index in [1.54, 1.807) is 6.20 Å². The van der Waals surface area contributed by atoms with Gasteiger partial charge >= 0.3 is 0 Å². The second-order valence-corrected chi connectivity index (χ2v) is 5.71.